The third kappa shape index (κ3) is 6.83. The third-order valence-corrected chi connectivity index (χ3v) is 4.69. The summed E-state index contributed by atoms with van der Waals surface area (Å²) in [6.07, 6.45) is 0. The Hall–Kier alpha value is -3.38. The first kappa shape index (κ1) is 22.3. The first-order valence-electron chi connectivity index (χ1n) is 9.89. The van der Waals surface area contributed by atoms with Gasteiger partial charge < -0.3 is 24.8 Å². The number of methoxy groups -OCH3 is 1. The topological polar surface area (TPSA) is 68.8 Å². The predicted molar refractivity (Wildman–Crippen MR) is 124 cm³/mol. The third-order valence-electron chi connectivity index (χ3n) is 4.39. The van der Waals surface area contributed by atoms with Crippen LogP contribution in [0, 0.1) is 0 Å². The van der Waals surface area contributed by atoms with Gasteiger partial charge in [0.25, 0.3) is 5.91 Å². The van der Waals surface area contributed by atoms with Gasteiger partial charge in [-0.2, -0.15) is 0 Å². The smallest absolute Gasteiger partial charge is 0.262 e. The lowest BCUT2D eigenvalue weighted by atomic mass is 10.2. The standard InChI is InChI=1S/C24H25ClN2O4/c1-3-30-21-11-5-18(6-12-21)26-15-17-4-13-23(22(25)14-17)31-16-24(28)27-19-7-9-20(29-2)10-8-19/h4-14,26H,3,15-16H2,1-2H3,(H,27,28). The average Bonchev–Trinajstić information content (AvgIpc) is 2.79. The van der Waals surface area contributed by atoms with Crippen LogP contribution < -0.4 is 24.8 Å². The van der Waals surface area contributed by atoms with Gasteiger partial charge in [0.15, 0.2) is 6.61 Å². The zero-order valence-corrected chi connectivity index (χ0v) is 18.2. The van der Waals surface area contributed by atoms with Crippen molar-refractivity contribution in [1.82, 2.24) is 0 Å². The highest BCUT2D eigenvalue weighted by molar-refractivity contribution is 6.32. The van der Waals surface area contributed by atoms with Crippen LogP contribution in [0.2, 0.25) is 5.02 Å². The molecule has 0 aromatic heterocycles. The van der Waals surface area contributed by atoms with Crippen molar-refractivity contribution in [3.8, 4) is 17.2 Å². The number of amides is 1. The Balaban J connectivity index is 1.48. The van der Waals surface area contributed by atoms with E-state index in [4.69, 9.17) is 25.8 Å². The maximum absolute atomic E-state index is 12.1. The number of benzene rings is 3. The van der Waals surface area contributed by atoms with Gasteiger partial charge in [0, 0.05) is 17.9 Å². The summed E-state index contributed by atoms with van der Waals surface area (Å²) >= 11 is 6.33. The Bertz CT molecular complexity index is 991. The Morgan fingerprint density at radius 1 is 0.903 bits per heavy atom. The van der Waals surface area contributed by atoms with Gasteiger partial charge in [-0.1, -0.05) is 17.7 Å². The van der Waals surface area contributed by atoms with Crippen molar-refractivity contribution in [2.45, 2.75) is 13.5 Å². The van der Waals surface area contributed by atoms with Gasteiger partial charge in [0.2, 0.25) is 0 Å². The van der Waals surface area contributed by atoms with Crippen LogP contribution in [-0.4, -0.2) is 26.2 Å². The van der Waals surface area contributed by atoms with E-state index in [9.17, 15) is 4.79 Å². The highest BCUT2D eigenvalue weighted by atomic mass is 35.5. The molecule has 0 spiro atoms. The number of carbonyl (C=O) groups excluding carboxylic acids is 1. The van der Waals surface area contributed by atoms with Gasteiger partial charge in [0.05, 0.1) is 18.7 Å². The van der Waals surface area contributed by atoms with E-state index < -0.39 is 0 Å². The van der Waals surface area contributed by atoms with Gasteiger partial charge in [-0.15, -0.1) is 0 Å². The highest BCUT2D eigenvalue weighted by Gasteiger charge is 2.08. The first-order valence-corrected chi connectivity index (χ1v) is 10.3. The van der Waals surface area contributed by atoms with Gasteiger partial charge in [-0.25, -0.2) is 0 Å². The number of halogens is 1. The molecule has 31 heavy (non-hydrogen) atoms. The normalized spacial score (nSPS) is 10.3. The number of nitrogens with one attached hydrogen (secondary N) is 2. The largest absolute Gasteiger partial charge is 0.497 e. The molecule has 0 saturated heterocycles. The van der Waals surface area contributed by atoms with Crippen LogP contribution in [0.5, 0.6) is 17.2 Å². The van der Waals surface area contributed by atoms with Gasteiger partial charge >= 0.3 is 0 Å². The van der Waals surface area contributed by atoms with Crippen molar-refractivity contribution in [1.29, 1.82) is 0 Å². The van der Waals surface area contributed by atoms with E-state index in [0.717, 1.165) is 22.7 Å². The maximum atomic E-state index is 12.1. The molecule has 0 aliphatic rings. The van der Waals surface area contributed by atoms with Gasteiger partial charge in [0.1, 0.15) is 17.2 Å². The molecule has 0 unspecified atom stereocenters. The Morgan fingerprint density at radius 2 is 1.58 bits per heavy atom. The molecular weight excluding hydrogens is 416 g/mol. The molecule has 162 valence electrons. The van der Waals surface area contributed by atoms with Crippen LogP contribution in [0.1, 0.15) is 12.5 Å². The van der Waals surface area contributed by atoms with Gasteiger partial charge in [-0.3, -0.25) is 4.79 Å². The molecule has 3 aromatic rings. The van der Waals surface area contributed by atoms with E-state index in [-0.39, 0.29) is 12.5 Å². The molecule has 2 N–H and O–H groups in total. The summed E-state index contributed by atoms with van der Waals surface area (Å²) in [5.41, 5.74) is 2.64. The van der Waals surface area contributed by atoms with E-state index in [1.165, 1.54) is 0 Å². The SMILES string of the molecule is CCOc1ccc(NCc2ccc(OCC(=O)Nc3ccc(OC)cc3)c(Cl)c2)cc1. The Morgan fingerprint density at radius 3 is 2.23 bits per heavy atom. The maximum Gasteiger partial charge on any atom is 0.262 e. The van der Waals surface area contributed by atoms with E-state index in [2.05, 4.69) is 10.6 Å². The van der Waals surface area contributed by atoms with Crippen molar-refractivity contribution in [2.75, 3.05) is 31.0 Å². The molecule has 0 bridgehead atoms. The quantitative estimate of drug-likeness (QED) is 0.443. The lowest BCUT2D eigenvalue weighted by Gasteiger charge is -2.11. The van der Waals surface area contributed by atoms with Crippen molar-refractivity contribution in [2.24, 2.45) is 0 Å². The molecule has 0 aliphatic carbocycles. The second-order valence-electron chi connectivity index (χ2n) is 6.64. The number of hydrogen-bond donors (Lipinski definition) is 2. The van der Waals surface area contributed by atoms with E-state index in [0.29, 0.717) is 29.6 Å². The first-order chi connectivity index (χ1) is 15.1. The number of anilines is 2. The van der Waals surface area contributed by atoms with Crippen LogP contribution in [0.15, 0.2) is 66.7 Å². The van der Waals surface area contributed by atoms with E-state index in [1.54, 1.807) is 37.4 Å². The average molecular weight is 441 g/mol. The fourth-order valence-electron chi connectivity index (χ4n) is 2.83. The van der Waals surface area contributed by atoms with Crippen LogP contribution in [0.4, 0.5) is 11.4 Å². The summed E-state index contributed by atoms with van der Waals surface area (Å²) in [5, 5.41) is 6.55. The minimum atomic E-state index is -0.275. The van der Waals surface area contributed by atoms with Crippen molar-refractivity contribution in [3.05, 3.63) is 77.3 Å². The number of rotatable bonds is 10. The molecule has 0 radical (unpaired) electrons. The zero-order valence-electron chi connectivity index (χ0n) is 17.5. The monoisotopic (exact) mass is 440 g/mol. The van der Waals surface area contributed by atoms with Crippen molar-refractivity contribution < 1.29 is 19.0 Å². The lowest BCUT2D eigenvalue weighted by Crippen LogP contribution is -2.20. The molecular formula is C24H25ClN2O4. The van der Waals surface area contributed by atoms with Crippen LogP contribution in [0.25, 0.3) is 0 Å². The number of hydrogen-bond acceptors (Lipinski definition) is 5. The van der Waals surface area contributed by atoms with Crippen LogP contribution in [-0.2, 0) is 11.3 Å². The summed E-state index contributed by atoms with van der Waals surface area (Å²) in [6.45, 7) is 3.06. The second-order valence-corrected chi connectivity index (χ2v) is 7.05. The lowest BCUT2D eigenvalue weighted by molar-refractivity contribution is -0.118. The molecule has 3 rings (SSSR count). The van der Waals surface area contributed by atoms with Crippen molar-refractivity contribution in [3.63, 3.8) is 0 Å². The van der Waals surface area contributed by atoms with Crippen LogP contribution >= 0.6 is 11.6 Å². The molecule has 0 fully saturated rings. The Labute approximate surface area is 187 Å². The summed E-state index contributed by atoms with van der Waals surface area (Å²) < 4.78 is 16.1. The second kappa shape index (κ2) is 11.1. The fourth-order valence-corrected chi connectivity index (χ4v) is 3.08. The molecule has 7 heteroatoms. The predicted octanol–water partition coefficient (Wildman–Crippen LogP) is 5.38. The van der Waals surface area contributed by atoms with Crippen LogP contribution in [0.3, 0.4) is 0 Å². The number of carbonyl (C=O) groups is 1. The summed E-state index contributed by atoms with van der Waals surface area (Å²) in [5.74, 6) is 1.74. The summed E-state index contributed by atoms with van der Waals surface area (Å²) in [7, 11) is 1.59. The fraction of sp³-hybridized carbons (Fsp3) is 0.208. The van der Waals surface area contributed by atoms with E-state index >= 15 is 0 Å². The van der Waals surface area contributed by atoms with Gasteiger partial charge in [-0.05, 0) is 73.2 Å². The molecule has 0 heterocycles. The van der Waals surface area contributed by atoms with Crippen molar-refractivity contribution >= 4 is 28.9 Å². The Kier molecular flexibility index (Phi) is 8.01. The highest BCUT2D eigenvalue weighted by Crippen LogP contribution is 2.26. The minimum absolute atomic E-state index is 0.143. The molecule has 0 saturated carbocycles. The van der Waals surface area contributed by atoms with E-state index in [1.807, 2.05) is 43.3 Å². The molecule has 0 atom stereocenters. The molecule has 1 amide bonds. The number of ether oxygens (including phenoxy) is 3. The minimum Gasteiger partial charge on any atom is -0.497 e. The summed E-state index contributed by atoms with van der Waals surface area (Å²) in [6, 6.07) is 20.3. The molecule has 3 aromatic carbocycles. The zero-order chi connectivity index (χ0) is 22.1. The summed E-state index contributed by atoms with van der Waals surface area (Å²) in [4.78, 5) is 12.1. The molecule has 6 nitrogen and oxygen atoms in total. The molecule has 0 aliphatic heterocycles.